The summed E-state index contributed by atoms with van der Waals surface area (Å²) in [7, 11) is 0. The van der Waals surface area contributed by atoms with Crippen LogP contribution < -0.4 is 0 Å². The van der Waals surface area contributed by atoms with Crippen LogP contribution in [0.25, 0.3) is 11.0 Å². The fourth-order valence-electron chi connectivity index (χ4n) is 3.07. The Kier molecular flexibility index (Phi) is 3.44. The van der Waals surface area contributed by atoms with Gasteiger partial charge in [-0.3, -0.25) is 9.69 Å². The Bertz CT molecular complexity index is 614. The molecular weight excluding hydrogens is 254 g/mol. The van der Waals surface area contributed by atoms with Crippen molar-refractivity contribution in [1.29, 1.82) is 0 Å². The minimum Gasteiger partial charge on any atom is -0.480 e. The minimum absolute atomic E-state index is 0.388. The Morgan fingerprint density at radius 3 is 2.95 bits per heavy atom. The van der Waals surface area contributed by atoms with Crippen LogP contribution in [0.3, 0.4) is 0 Å². The van der Waals surface area contributed by atoms with Crippen molar-refractivity contribution < 1.29 is 9.90 Å². The van der Waals surface area contributed by atoms with Crippen molar-refractivity contribution >= 4 is 17.0 Å². The lowest BCUT2D eigenvalue weighted by Gasteiger charge is -2.34. The number of piperidine rings is 1. The van der Waals surface area contributed by atoms with Crippen molar-refractivity contribution in [2.75, 3.05) is 13.1 Å². The van der Waals surface area contributed by atoms with Gasteiger partial charge in [0.2, 0.25) is 0 Å². The smallest absolute Gasteiger partial charge is 0.320 e. The molecule has 0 aliphatic carbocycles. The Hall–Kier alpha value is -1.88. The number of aromatic nitrogens is 2. The largest absolute Gasteiger partial charge is 0.480 e. The van der Waals surface area contributed by atoms with Crippen molar-refractivity contribution in [3.05, 3.63) is 30.1 Å². The summed E-state index contributed by atoms with van der Waals surface area (Å²) < 4.78 is 0. The van der Waals surface area contributed by atoms with Crippen LogP contribution in [-0.2, 0) is 4.79 Å². The van der Waals surface area contributed by atoms with Gasteiger partial charge in [-0.2, -0.15) is 0 Å². The van der Waals surface area contributed by atoms with Crippen molar-refractivity contribution in [3.63, 3.8) is 0 Å². The van der Waals surface area contributed by atoms with Crippen LogP contribution in [0, 0.1) is 0 Å². The predicted octanol–water partition coefficient (Wildman–Crippen LogP) is 2.22. The topological polar surface area (TPSA) is 69.2 Å². The number of aromatic amines is 1. The summed E-state index contributed by atoms with van der Waals surface area (Å²) in [6.45, 7) is 3.44. The highest BCUT2D eigenvalue weighted by atomic mass is 16.4. The molecule has 2 aromatic rings. The Morgan fingerprint density at radius 1 is 1.50 bits per heavy atom. The molecule has 0 aromatic carbocycles. The van der Waals surface area contributed by atoms with Gasteiger partial charge in [-0.1, -0.05) is 0 Å². The Labute approximate surface area is 117 Å². The molecule has 2 aromatic heterocycles. The molecule has 3 rings (SSSR count). The molecule has 0 bridgehead atoms. The summed E-state index contributed by atoms with van der Waals surface area (Å²) in [5.74, 6) is -0.245. The Morgan fingerprint density at radius 2 is 2.25 bits per heavy atom. The predicted molar refractivity (Wildman–Crippen MR) is 76.7 cm³/mol. The fraction of sp³-hybridized carbons (Fsp3) is 0.467. The zero-order valence-corrected chi connectivity index (χ0v) is 11.5. The van der Waals surface area contributed by atoms with Gasteiger partial charge < -0.3 is 10.1 Å². The highest BCUT2D eigenvalue weighted by Crippen LogP contribution is 2.32. The molecule has 0 amide bonds. The van der Waals surface area contributed by atoms with E-state index in [1.807, 2.05) is 11.0 Å². The van der Waals surface area contributed by atoms with Crippen LogP contribution in [0.4, 0.5) is 0 Å². The van der Waals surface area contributed by atoms with Gasteiger partial charge in [0.25, 0.3) is 0 Å². The number of nitrogens with zero attached hydrogens (tertiary/aromatic N) is 2. The summed E-state index contributed by atoms with van der Waals surface area (Å²) in [6.07, 6.45) is 5.84. The van der Waals surface area contributed by atoms with E-state index in [-0.39, 0.29) is 6.04 Å². The second-order valence-corrected chi connectivity index (χ2v) is 5.47. The van der Waals surface area contributed by atoms with E-state index in [0.29, 0.717) is 5.92 Å². The van der Waals surface area contributed by atoms with E-state index in [2.05, 4.69) is 22.2 Å². The lowest BCUT2D eigenvalue weighted by molar-refractivity contribution is -0.143. The van der Waals surface area contributed by atoms with E-state index >= 15 is 0 Å². The second-order valence-electron chi connectivity index (χ2n) is 5.47. The molecule has 1 fully saturated rings. The molecule has 0 saturated carbocycles. The van der Waals surface area contributed by atoms with Crippen molar-refractivity contribution in [3.8, 4) is 0 Å². The fourth-order valence-corrected chi connectivity index (χ4v) is 3.07. The molecule has 1 aliphatic rings. The summed E-state index contributed by atoms with van der Waals surface area (Å²) >= 11 is 0. The third kappa shape index (κ3) is 2.29. The number of likely N-dealkylation sites (tertiary alicyclic amines) is 1. The summed E-state index contributed by atoms with van der Waals surface area (Å²) in [5, 5.41) is 10.3. The summed E-state index contributed by atoms with van der Waals surface area (Å²) in [6, 6.07) is 3.67. The molecule has 0 unspecified atom stereocenters. The van der Waals surface area contributed by atoms with Crippen LogP contribution in [0.1, 0.15) is 31.2 Å². The standard InChI is InChI=1S/C15H19N3O2/c1-10(15(19)20)18-7-4-11(5-8-18)13-9-17-14-12(13)3-2-6-16-14/h2-3,6,9-11H,4-5,7-8H2,1H3,(H,16,17)(H,19,20)/t10-/m1/s1. The normalized spacial score (nSPS) is 19.2. The van der Waals surface area contributed by atoms with Gasteiger partial charge in [-0.25, -0.2) is 4.98 Å². The molecule has 5 heteroatoms. The first kappa shape index (κ1) is 13.1. The first-order valence-electron chi connectivity index (χ1n) is 7.05. The number of carbonyl (C=O) groups is 1. The Balaban J connectivity index is 1.74. The van der Waals surface area contributed by atoms with Crippen LogP contribution in [0.2, 0.25) is 0 Å². The first-order valence-corrected chi connectivity index (χ1v) is 7.05. The maximum Gasteiger partial charge on any atom is 0.320 e. The zero-order valence-electron chi connectivity index (χ0n) is 11.5. The number of hydrogen-bond donors (Lipinski definition) is 2. The third-order valence-corrected chi connectivity index (χ3v) is 4.36. The molecule has 5 nitrogen and oxygen atoms in total. The van der Waals surface area contributed by atoms with Gasteiger partial charge in [-0.15, -0.1) is 0 Å². The second kappa shape index (κ2) is 5.25. The molecule has 106 valence electrons. The number of pyridine rings is 1. The maximum absolute atomic E-state index is 11.0. The molecule has 1 atom stereocenters. The van der Waals surface area contributed by atoms with Gasteiger partial charge in [0.1, 0.15) is 11.7 Å². The average molecular weight is 273 g/mol. The maximum atomic E-state index is 11.0. The number of H-pyrrole nitrogens is 1. The number of nitrogens with one attached hydrogen (secondary N) is 1. The molecule has 20 heavy (non-hydrogen) atoms. The van der Waals surface area contributed by atoms with Gasteiger partial charge in [0.15, 0.2) is 0 Å². The SMILES string of the molecule is C[C@H](C(=O)O)N1CCC(c2c[nH]c3ncccc23)CC1. The van der Waals surface area contributed by atoms with E-state index in [9.17, 15) is 4.79 Å². The van der Waals surface area contributed by atoms with E-state index in [4.69, 9.17) is 5.11 Å². The first-order chi connectivity index (χ1) is 9.66. The summed E-state index contributed by atoms with van der Waals surface area (Å²) in [5.41, 5.74) is 2.25. The zero-order chi connectivity index (χ0) is 14.1. The van der Waals surface area contributed by atoms with Crippen LogP contribution in [0.5, 0.6) is 0 Å². The van der Waals surface area contributed by atoms with Crippen LogP contribution in [0.15, 0.2) is 24.5 Å². The average Bonchev–Trinajstić information content (AvgIpc) is 2.90. The van der Waals surface area contributed by atoms with Crippen LogP contribution >= 0.6 is 0 Å². The quantitative estimate of drug-likeness (QED) is 0.899. The molecule has 1 aliphatic heterocycles. The molecule has 3 heterocycles. The molecule has 2 N–H and O–H groups in total. The van der Waals surface area contributed by atoms with E-state index in [1.165, 1.54) is 10.9 Å². The number of fused-ring (bicyclic) bond motifs is 1. The molecule has 1 saturated heterocycles. The third-order valence-electron chi connectivity index (χ3n) is 4.36. The lowest BCUT2D eigenvalue weighted by atomic mass is 9.89. The molecule has 0 radical (unpaired) electrons. The number of carboxylic acids is 1. The highest BCUT2D eigenvalue weighted by molar-refractivity contribution is 5.80. The van der Waals surface area contributed by atoms with E-state index < -0.39 is 5.97 Å². The van der Waals surface area contributed by atoms with Gasteiger partial charge in [-0.05, 0) is 56.5 Å². The van der Waals surface area contributed by atoms with Gasteiger partial charge in [0.05, 0.1) is 0 Å². The number of hydrogen-bond acceptors (Lipinski definition) is 3. The van der Waals surface area contributed by atoms with Gasteiger partial charge in [0, 0.05) is 17.8 Å². The van der Waals surface area contributed by atoms with Crippen molar-refractivity contribution in [2.24, 2.45) is 0 Å². The number of carboxylic acid groups (broad SMARTS) is 1. The molecular formula is C15H19N3O2. The number of aliphatic carboxylic acids is 1. The van der Waals surface area contributed by atoms with Crippen molar-refractivity contribution in [2.45, 2.75) is 31.7 Å². The van der Waals surface area contributed by atoms with Gasteiger partial charge >= 0.3 is 5.97 Å². The van der Waals surface area contributed by atoms with E-state index in [1.54, 1.807) is 13.1 Å². The number of rotatable bonds is 3. The lowest BCUT2D eigenvalue weighted by Crippen LogP contribution is -2.43. The van der Waals surface area contributed by atoms with E-state index in [0.717, 1.165) is 31.6 Å². The van der Waals surface area contributed by atoms with Crippen molar-refractivity contribution in [1.82, 2.24) is 14.9 Å². The molecule has 0 spiro atoms. The summed E-state index contributed by atoms with van der Waals surface area (Å²) in [4.78, 5) is 20.6. The minimum atomic E-state index is -0.736. The monoisotopic (exact) mass is 273 g/mol. The van der Waals surface area contributed by atoms with Crippen LogP contribution in [-0.4, -0.2) is 45.1 Å². The highest BCUT2D eigenvalue weighted by Gasteiger charge is 2.27.